The number of pyridine rings is 1. The van der Waals surface area contributed by atoms with Gasteiger partial charge in [0, 0.05) is 24.7 Å². The van der Waals surface area contributed by atoms with Gasteiger partial charge in [-0.05, 0) is 26.8 Å². The molecule has 1 heterocycles. The molecule has 0 radical (unpaired) electrons. The molecule has 5 nitrogen and oxygen atoms in total. The van der Waals surface area contributed by atoms with Crippen LogP contribution in [-0.4, -0.2) is 28.9 Å². The minimum absolute atomic E-state index is 0.0319. The molecule has 1 rings (SSSR count). The zero-order valence-electron chi connectivity index (χ0n) is 11.6. The average Bonchev–Trinajstić information content (AvgIpc) is 2.30. The van der Waals surface area contributed by atoms with Crippen molar-refractivity contribution < 1.29 is 18.4 Å². The summed E-state index contributed by atoms with van der Waals surface area (Å²) in [4.78, 5) is 26.2. The molecule has 0 bridgehead atoms. The van der Waals surface area contributed by atoms with Gasteiger partial charge >= 0.3 is 0 Å². The van der Waals surface area contributed by atoms with E-state index >= 15 is 0 Å². The Labute approximate surface area is 115 Å². The van der Waals surface area contributed by atoms with Crippen molar-refractivity contribution in [3.05, 3.63) is 29.6 Å². The van der Waals surface area contributed by atoms with E-state index in [1.54, 1.807) is 0 Å². The van der Waals surface area contributed by atoms with Crippen molar-refractivity contribution in [3.8, 4) is 0 Å². The second-order valence-electron chi connectivity index (χ2n) is 5.27. The van der Waals surface area contributed by atoms with E-state index in [9.17, 15) is 18.4 Å². The molecule has 0 aromatic carbocycles. The van der Waals surface area contributed by atoms with Crippen molar-refractivity contribution in [1.29, 1.82) is 0 Å². The van der Waals surface area contributed by atoms with E-state index in [1.165, 1.54) is 0 Å². The van der Waals surface area contributed by atoms with Crippen molar-refractivity contribution in [2.45, 2.75) is 32.7 Å². The molecule has 0 aliphatic carbocycles. The molecular weight excluding hydrogens is 268 g/mol. The second kappa shape index (κ2) is 6.40. The number of nitrogens with one attached hydrogen (secondary N) is 2. The monoisotopic (exact) mass is 285 g/mol. The van der Waals surface area contributed by atoms with Gasteiger partial charge in [-0.1, -0.05) is 0 Å². The summed E-state index contributed by atoms with van der Waals surface area (Å²) in [6.45, 7) is 5.53. The molecule has 1 aromatic heterocycles. The van der Waals surface area contributed by atoms with Crippen molar-refractivity contribution in [2.24, 2.45) is 0 Å². The van der Waals surface area contributed by atoms with Crippen LogP contribution in [0.25, 0.3) is 0 Å². The molecule has 7 heteroatoms. The molecule has 0 atom stereocenters. The summed E-state index contributed by atoms with van der Waals surface area (Å²) in [5.74, 6) is -3.65. The summed E-state index contributed by atoms with van der Waals surface area (Å²) in [5.41, 5.74) is -0.796. The Morgan fingerprint density at radius 1 is 1.30 bits per heavy atom. The van der Waals surface area contributed by atoms with Gasteiger partial charge in [-0.15, -0.1) is 0 Å². The Hall–Kier alpha value is -2.05. The number of nitrogens with zero attached hydrogens (tertiary/aromatic N) is 1. The highest BCUT2D eigenvalue weighted by Crippen LogP contribution is 2.08. The zero-order valence-corrected chi connectivity index (χ0v) is 11.6. The minimum atomic E-state index is -1.33. The third-order valence-electron chi connectivity index (χ3n) is 2.24. The molecule has 1 aromatic rings. The standard InChI is InChI=1S/C13H17F2N3O2/c1-13(2,3)18-9(19)5-7-17-12(20)8-4-6-16-11(15)10(8)14/h4,6H,5,7H2,1-3H3,(H,17,20)(H,18,19). The van der Waals surface area contributed by atoms with Crippen LogP contribution in [0.1, 0.15) is 37.6 Å². The van der Waals surface area contributed by atoms with Gasteiger partial charge in [-0.3, -0.25) is 9.59 Å². The number of hydrogen-bond acceptors (Lipinski definition) is 3. The van der Waals surface area contributed by atoms with Crippen LogP contribution in [0.4, 0.5) is 8.78 Å². The molecule has 2 amide bonds. The van der Waals surface area contributed by atoms with Crippen LogP contribution in [0.3, 0.4) is 0 Å². The van der Waals surface area contributed by atoms with Crippen LogP contribution < -0.4 is 10.6 Å². The van der Waals surface area contributed by atoms with Crippen molar-refractivity contribution in [3.63, 3.8) is 0 Å². The summed E-state index contributed by atoms with van der Waals surface area (Å²) in [5, 5.41) is 5.07. The normalized spacial score (nSPS) is 11.1. The third kappa shape index (κ3) is 4.91. The largest absolute Gasteiger partial charge is 0.351 e. The van der Waals surface area contributed by atoms with E-state index < -0.39 is 23.2 Å². The highest BCUT2D eigenvalue weighted by atomic mass is 19.2. The molecular formula is C13H17F2N3O2. The van der Waals surface area contributed by atoms with Crippen molar-refractivity contribution in [1.82, 2.24) is 15.6 Å². The lowest BCUT2D eigenvalue weighted by Crippen LogP contribution is -2.42. The molecule has 0 spiro atoms. The molecule has 20 heavy (non-hydrogen) atoms. The van der Waals surface area contributed by atoms with Gasteiger partial charge in [0.2, 0.25) is 11.9 Å². The number of hydrogen-bond donors (Lipinski definition) is 2. The molecule has 0 saturated carbocycles. The maximum absolute atomic E-state index is 13.3. The SMILES string of the molecule is CC(C)(C)NC(=O)CCNC(=O)c1ccnc(F)c1F. The molecule has 0 unspecified atom stereocenters. The number of carbonyl (C=O) groups is 2. The van der Waals surface area contributed by atoms with Gasteiger partial charge in [0.25, 0.3) is 5.91 Å². The van der Waals surface area contributed by atoms with E-state index in [0.717, 1.165) is 12.3 Å². The lowest BCUT2D eigenvalue weighted by atomic mass is 10.1. The van der Waals surface area contributed by atoms with Crippen LogP contribution in [0.15, 0.2) is 12.3 Å². The Kier molecular flexibility index (Phi) is 5.12. The Morgan fingerprint density at radius 3 is 2.55 bits per heavy atom. The highest BCUT2D eigenvalue weighted by molar-refractivity contribution is 5.94. The molecule has 0 aliphatic rings. The zero-order chi connectivity index (χ0) is 15.3. The van der Waals surface area contributed by atoms with Gasteiger partial charge in [0.05, 0.1) is 5.56 Å². The number of amides is 2. The van der Waals surface area contributed by atoms with Crippen LogP contribution >= 0.6 is 0 Å². The number of rotatable bonds is 4. The van der Waals surface area contributed by atoms with E-state index in [1.807, 2.05) is 20.8 Å². The fourth-order valence-corrected chi connectivity index (χ4v) is 1.46. The van der Waals surface area contributed by atoms with Gasteiger partial charge in [-0.25, -0.2) is 9.37 Å². The van der Waals surface area contributed by atoms with Crippen molar-refractivity contribution in [2.75, 3.05) is 6.54 Å². The smallest absolute Gasteiger partial charge is 0.254 e. The minimum Gasteiger partial charge on any atom is -0.351 e. The fourth-order valence-electron chi connectivity index (χ4n) is 1.46. The average molecular weight is 285 g/mol. The lowest BCUT2D eigenvalue weighted by Gasteiger charge is -2.20. The molecule has 110 valence electrons. The van der Waals surface area contributed by atoms with Crippen molar-refractivity contribution >= 4 is 11.8 Å². The van der Waals surface area contributed by atoms with Crippen LogP contribution in [0.5, 0.6) is 0 Å². The van der Waals surface area contributed by atoms with E-state index in [-0.39, 0.29) is 24.4 Å². The van der Waals surface area contributed by atoms with E-state index in [2.05, 4.69) is 15.6 Å². The van der Waals surface area contributed by atoms with Crippen LogP contribution in [-0.2, 0) is 4.79 Å². The summed E-state index contributed by atoms with van der Waals surface area (Å²) in [6, 6.07) is 1.07. The quantitative estimate of drug-likeness (QED) is 0.821. The van der Waals surface area contributed by atoms with Gasteiger partial charge < -0.3 is 10.6 Å². The maximum Gasteiger partial charge on any atom is 0.254 e. The third-order valence-corrected chi connectivity index (χ3v) is 2.24. The summed E-state index contributed by atoms with van der Waals surface area (Å²) in [7, 11) is 0. The van der Waals surface area contributed by atoms with Gasteiger partial charge in [0.1, 0.15) is 0 Å². The number of aromatic nitrogens is 1. The van der Waals surface area contributed by atoms with Crippen LogP contribution in [0.2, 0.25) is 0 Å². The summed E-state index contributed by atoms with van der Waals surface area (Å²) >= 11 is 0. The van der Waals surface area contributed by atoms with E-state index in [0.29, 0.717) is 0 Å². The first kappa shape index (κ1) is 16.0. The van der Waals surface area contributed by atoms with Gasteiger partial charge in [-0.2, -0.15) is 4.39 Å². The van der Waals surface area contributed by atoms with Gasteiger partial charge in [0.15, 0.2) is 5.82 Å². The van der Waals surface area contributed by atoms with Crippen LogP contribution in [0, 0.1) is 11.8 Å². The second-order valence-corrected chi connectivity index (χ2v) is 5.27. The number of halogens is 2. The summed E-state index contributed by atoms with van der Waals surface area (Å²) in [6.07, 6.45) is 1.05. The predicted octanol–water partition coefficient (Wildman–Crippen LogP) is 1.39. The first-order valence-corrected chi connectivity index (χ1v) is 6.10. The lowest BCUT2D eigenvalue weighted by molar-refractivity contribution is -0.122. The Morgan fingerprint density at radius 2 is 1.95 bits per heavy atom. The molecule has 0 fully saturated rings. The Balaban J connectivity index is 2.48. The summed E-state index contributed by atoms with van der Waals surface area (Å²) < 4.78 is 26.1. The Bertz CT molecular complexity index is 513. The topological polar surface area (TPSA) is 71.1 Å². The number of carbonyl (C=O) groups excluding carboxylic acids is 2. The highest BCUT2D eigenvalue weighted by Gasteiger charge is 2.17. The van der Waals surface area contributed by atoms with E-state index in [4.69, 9.17) is 0 Å². The predicted molar refractivity (Wildman–Crippen MR) is 69.0 cm³/mol. The maximum atomic E-state index is 13.3. The fraction of sp³-hybridized carbons (Fsp3) is 0.462. The molecule has 0 saturated heterocycles. The first-order chi connectivity index (χ1) is 9.20. The first-order valence-electron chi connectivity index (χ1n) is 6.10. The molecule has 0 aliphatic heterocycles. The molecule has 2 N–H and O–H groups in total.